The molecule has 0 spiro atoms. The summed E-state index contributed by atoms with van der Waals surface area (Å²) in [6.07, 6.45) is 2.12. The molecule has 0 saturated heterocycles. The van der Waals surface area contributed by atoms with Crippen LogP contribution in [0.3, 0.4) is 0 Å². The van der Waals surface area contributed by atoms with Crippen molar-refractivity contribution in [2.75, 3.05) is 26.4 Å². The Morgan fingerprint density at radius 1 is 1.14 bits per heavy atom. The molecule has 0 saturated carbocycles. The number of hydrogen-bond acceptors (Lipinski definition) is 5. The molecular weight excluding hydrogens is 462 g/mol. The highest BCUT2D eigenvalue weighted by Gasteiger charge is 2.28. The number of aliphatic carboxylic acids is 1. The van der Waals surface area contributed by atoms with Crippen LogP contribution in [0, 0.1) is 5.92 Å². The van der Waals surface area contributed by atoms with Gasteiger partial charge in [-0.2, -0.15) is 0 Å². The fourth-order valence-electron chi connectivity index (χ4n) is 4.40. The van der Waals surface area contributed by atoms with E-state index in [1.165, 1.54) is 0 Å². The maximum atomic E-state index is 13.2. The van der Waals surface area contributed by atoms with Gasteiger partial charge in [-0.1, -0.05) is 36.4 Å². The number of para-hydroxylation sites is 2. The molecule has 1 aliphatic heterocycles. The smallest absolute Gasteiger partial charge is 0.304 e. The van der Waals surface area contributed by atoms with E-state index in [-0.39, 0.29) is 31.8 Å². The van der Waals surface area contributed by atoms with E-state index in [0.717, 1.165) is 16.5 Å². The van der Waals surface area contributed by atoms with Gasteiger partial charge < -0.3 is 29.8 Å². The second-order valence-corrected chi connectivity index (χ2v) is 8.78. The number of carbonyl (C=O) groups excluding carboxylic acids is 2. The van der Waals surface area contributed by atoms with Gasteiger partial charge in [-0.3, -0.25) is 14.4 Å². The number of benzene rings is 2. The Morgan fingerprint density at radius 3 is 2.72 bits per heavy atom. The molecule has 36 heavy (non-hydrogen) atoms. The first-order valence-corrected chi connectivity index (χ1v) is 12.1. The minimum absolute atomic E-state index is 0.178. The SMILES string of the molecule is O=C(O)C[C@@H](CCOc1ccccc1)C(=O)N[C@H]1Cc2cn(c3ccccc23)CCOCCNC1=O. The highest BCUT2D eigenvalue weighted by atomic mass is 16.5. The van der Waals surface area contributed by atoms with E-state index in [9.17, 15) is 19.5 Å². The minimum Gasteiger partial charge on any atom is -0.494 e. The number of carboxylic acid groups (broad SMARTS) is 1. The van der Waals surface area contributed by atoms with Gasteiger partial charge >= 0.3 is 5.97 Å². The first-order valence-electron chi connectivity index (χ1n) is 12.1. The fraction of sp³-hybridized carbons (Fsp3) is 0.370. The molecule has 2 heterocycles. The van der Waals surface area contributed by atoms with E-state index in [1.807, 2.05) is 48.7 Å². The summed E-state index contributed by atoms with van der Waals surface area (Å²) in [4.78, 5) is 37.7. The van der Waals surface area contributed by atoms with Gasteiger partial charge in [-0.05, 0) is 30.2 Å². The summed E-state index contributed by atoms with van der Waals surface area (Å²) in [6.45, 7) is 2.05. The van der Waals surface area contributed by atoms with Crippen LogP contribution in [0.15, 0.2) is 60.8 Å². The molecule has 0 radical (unpaired) electrons. The normalized spacial score (nSPS) is 17.3. The number of aromatic nitrogens is 1. The number of nitrogens with one attached hydrogen (secondary N) is 2. The maximum absolute atomic E-state index is 13.2. The van der Waals surface area contributed by atoms with Crippen LogP contribution in [0.25, 0.3) is 10.9 Å². The topological polar surface area (TPSA) is 119 Å². The summed E-state index contributed by atoms with van der Waals surface area (Å²) in [6, 6.07) is 16.2. The van der Waals surface area contributed by atoms with Crippen LogP contribution < -0.4 is 15.4 Å². The number of hydrogen-bond donors (Lipinski definition) is 3. The van der Waals surface area contributed by atoms with E-state index in [2.05, 4.69) is 15.2 Å². The third kappa shape index (κ3) is 6.63. The van der Waals surface area contributed by atoms with Gasteiger partial charge in [0.15, 0.2) is 0 Å². The highest BCUT2D eigenvalue weighted by molar-refractivity contribution is 5.91. The number of amides is 2. The Morgan fingerprint density at radius 2 is 1.92 bits per heavy atom. The fourth-order valence-corrected chi connectivity index (χ4v) is 4.40. The zero-order valence-electron chi connectivity index (χ0n) is 20.0. The molecule has 2 amide bonds. The molecule has 9 heteroatoms. The summed E-state index contributed by atoms with van der Waals surface area (Å²) < 4.78 is 13.4. The molecule has 2 bridgehead atoms. The average molecular weight is 494 g/mol. The Balaban J connectivity index is 1.51. The lowest BCUT2D eigenvalue weighted by Gasteiger charge is -2.22. The lowest BCUT2D eigenvalue weighted by molar-refractivity contribution is -0.141. The molecule has 1 aliphatic rings. The van der Waals surface area contributed by atoms with Crippen LogP contribution in [0.2, 0.25) is 0 Å². The van der Waals surface area contributed by atoms with Crippen molar-refractivity contribution >= 4 is 28.7 Å². The maximum Gasteiger partial charge on any atom is 0.304 e. The molecule has 0 fully saturated rings. The number of fused-ring (bicyclic) bond motifs is 5. The quantitative estimate of drug-likeness (QED) is 0.443. The van der Waals surface area contributed by atoms with Crippen molar-refractivity contribution in [3.63, 3.8) is 0 Å². The molecule has 2 aromatic carbocycles. The number of rotatable bonds is 8. The number of ether oxygens (including phenoxy) is 2. The third-order valence-corrected chi connectivity index (χ3v) is 6.22. The van der Waals surface area contributed by atoms with E-state index >= 15 is 0 Å². The van der Waals surface area contributed by atoms with Crippen molar-refractivity contribution in [2.45, 2.75) is 31.8 Å². The molecule has 9 nitrogen and oxygen atoms in total. The van der Waals surface area contributed by atoms with Crippen LogP contribution >= 0.6 is 0 Å². The number of carbonyl (C=O) groups is 3. The van der Waals surface area contributed by atoms with Crippen LogP contribution in [0.5, 0.6) is 5.75 Å². The van der Waals surface area contributed by atoms with E-state index in [1.54, 1.807) is 12.1 Å². The standard InChI is InChI=1S/C27H31N3O6/c31-25(32)17-19(10-13-36-21-6-2-1-3-7-21)26(33)29-23-16-20-18-30(24-9-5-4-8-22(20)24)12-15-35-14-11-28-27(23)34/h1-9,18-19,23H,10-17H2,(H,28,34)(H,29,33)(H,31,32)/t19-,23+/m1/s1. The first kappa shape index (κ1) is 25.2. The van der Waals surface area contributed by atoms with Gasteiger partial charge in [-0.25, -0.2) is 0 Å². The van der Waals surface area contributed by atoms with Gasteiger partial charge in [0.05, 0.1) is 32.2 Å². The molecule has 190 valence electrons. The van der Waals surface area contributed by atoms with Crippen LogP contribution in [0.1, 0.15) is 18.4 Å². The lowest BCUT2D eigenvalue weighted by Crippen LogP contribution is -2.50. The molecule has 4 rings (SSSR count). The zero-order valence-corrected chi connectivity index (χ0v) is 20.0. The highest BCUT2D eigenvalue weighted by Crippen LogP contribution is 2.23. The van der Waals surface area contributed by atoms with Crippen molar-refractivity contribution in [3.8, 4) is 5.75 Å². The van der Waals surface area contributed by atoms with Crippen molar-refractivity contribution < 1.29 is 29.0 Å². The van der Waals surface area contributed by atoms with Gasteiger partial charge in [0.25, 0.3) is 0 Å². The Labute approximate surface area is 209 Å². The Hall–Kier alpha value is -3.85. The monoisotopic (exact) mass is 493 g/mol. The largest absolute Gasteiger partial charge is 0.494 e. The average Bonchev–Trinajstić information content (AvgIpc) is 3.22. The lowest BCUT2D eigenvalue weighted by atomic mass is 9.98. The van der Waals surface area contributed by atoms with Gasteiger partial charge in [0.2, 0.25) is 11.8 Å². The zero-order chi connectivity index (χ0) is 25.3. The molecule has 2 atom stereocenters. The first-order chi connectivity index (χ1) is 17.5. The second kappa shape index (κ2) is 12.2. The van der Waals surface area contributed by atoms with E-state index in [4.69, 9.17) is 9.47 Å². The van der Waals surface area contributed by atoms with Crippen molar-refractivity contribution in [1.29, 1.82) is 0 Å². The molecule has 1 aromatic heterocycles. The molecule has 0 aliphatic carbocycles. The Kier molecular flexibility index (Phi) is 8.57. The summed E-state index contributed by atoms with van der Waals surface area (Å²) in [5, 5.41) is 16.0. The van der Waals surface area contributed by atoms with Crippen molar-refractivity contribution in [1.82, 2.24) is 15.2 Å². The van der Waals surface area contributed by atoms with Crippen molar-refractivity contribution in [2.24, 2.45) is 5.92 Å². The number of carboxylic acids is 1. The summed E-state index contributed by atoms with van der Waals surface area (Å²) >= 11 is 0. The van der Waals surface area contributed by atoms with Crippen LogP contribution in [0.4, 0.5) is 0 Å². The third-order valence-electron chi connectivity index (χ3n) is 6.22. The molecule has 3 aromatic rings. The van der Waals surface area contributed by atoms with Crippen LogP contribution in [-0.4, -0.2) is 59.9 Å². The predicted molar refractivity (Wildman–Crippen MR) is 134 cm³/mol. The Bertz CT molecular complexity index is 1190. The number of nitrogens with zero attached hydrogens (tertiary/aromatic N) is 1. The van der Waals surface area contributed by atoms with Crippen molar-refractivity contribution in [3.05, 3.63) is 66.4 Å². The summed E-state index contributed by atoms with van der Waals surface area (Å²) in [5.74, 6) is -2.10. The van der Waals surface area contributed by atoms with Crippen LogP contribution in [-0.2, 0) is 32.1 Å². The van der Waals surface area contributed by atoms with E-state index < -0.39 is 23.8 Å². The predicted octanol–water partition coefficient (Wildman–Crippen LogP) is 2.38. The van der Waals surface area contributed by atoms with Gasteiger partial charge in [0.1, 0.15) is 11.8 Å². The molecule has 0 unspecified atom stereocenters. The minimum atomic E-state index is -1.08. The molecule has 3 N–H and O–H groups in total. The van der Waals surface area contributed by atoms with Gasteiger partial charge in [-0.15, -0.1) is 0 Å². The van der Waals surface area contributed by atoms with Gasteiger partial charge in [0, 0.05) is 36.6 Å². The molecular formula is C27H31N3O6. The summed E-state index contributed by atoms with van der Waals surface area (Å²) in [7, 11) is 0. The second-order valence-electron chi connectivity index (χ2n) is 8.78. The summed E-state index contributed by atoms with van der Waals surface area (Å²) in [5.41, 5.74) is 1.96. The van der Waals surface area contributed by atoms with E-state index in [0.29, 0.717) is 32.1 Å².